The fourth-order valence-electron chi connectivity index (χ4n) is 2.16. The van der Waals surface area contributed by atoms with Gasteiger partial charge < -0.3 is 11.1 Å². The van der Waals surface area contributed by atoms with Gasteiger partial charge in [-0.05, 0) is 6.07 Å². The SMILES string of the molecule is C=C1Nc2ccccc2C(c2ccccc2)=NC1N. The smallest absolute Gasteiger partial charge is 0.138 e. The molecule has 0 saturated carbocycles. The molecule has 1 heterocycles. The topological polar surface area (TPSA) is 50.4 Å². The molecule has 0 spiro atoms. The van der Waals surface area contributed by atoms with Gasteiger partial charge in [0, 0.05) is 22.5 Å². The second-order valence-electron chi connectivity index (χ2n) is 4.48. The first kappa shape index (κ1) is 11.7. The van der Waals surface area contributed by atoms with Crippen molar-refractivity contribution >= 4 is 11.4 Å². The van der Waals surface area contributed by atoms with Crippen LogP contribution in [0.25, 0.3) is 0 Å². The summed E-state index contributed by atoms with van der Waals surface area (Å²) in [4.78, 5) is 4.60. The maximum absolute atomic E-state index is 6.04. The normalized spacial score (nSPS) is 18.1. The van der Waals surface area contributed by atoms with Crippen LogP contribution < -0.4 is 11.1 Å². The molecule has 0 saturated heterocycles. The number of hydrogen-bond donors (Lipinski definition) is 2. The van der Waals surface area contributed by atoms with E-state index in [1.54, 1.807) is 0 Å². The van der Waals surface area contributed by atoms with E-state index >= 15 is 0 Å². The Labute approximate surface area is 112 Å². The average molecular weight is 249 g/mol. The van der Waals surface area contributed by atoms with E-state index < -0.39 is 6.17 Å². The number of anilines is 1. The monoisotopic (exact) mass is 249 g/mol. The molecule has 1 atom stereocenters. The van der Waals surface area contributed by atoms with E-state index in [4.69, 9.17) is 5.73 Å². The van der Waals surface area contributed by atoms with Crippen LogP contribution in [0.5, 0.6) is 0 Å². The van der Waals surface area contributed by atoms with Gasteiger partial charge in [0.15, 0.2) is 0 Å². The quantitative estimate of drug-likeness (QED) is 0.816. The molecule has 2 aromatic carbocycles. The molecule has 0 radical (unpaired) electrons. The summed E-state index contributed by atoms with van der Waals surface area (Å²) in [7, 11) is 0. The Morgan fingerprint density at radius 1 is 1.00 bits per heavy atom. The number of rotatable bonds is 1. The Morgan fingerprint density at radius 2 is 1.68 bits per heavy atom. The lowest BCUT2D eigenvalue weighted by Gasteiger charge is -2.10. The summed E-state index contributed by atoms with van der Waals surface area (Å²) in [6, 6.07) is 18.1. The van der Waals surface area contributed by atoms with Crippen LogP contribution in [0.3, 0.4) is 0 Å². The van der Waals surface area contributed by atoms with Crippen LogP contribution >= 0.6 is 0 Å². The predicted molar refractivity (Wildman–Crippen MR) is 79.3 cm³/mol. The Morgan fingerprint density at radius 3 is 2.47 bits per heavy atom. The molecule has 1 aliphatic rings. The average Bonchev–Trinajstić information content (AvgIpc) is 2.58. The number of aliphatic imine (C=N–C) groups is 1. The molecule has 94 valence electrons. The van der Waals surface area contributed by atoms with Crippen molar-refractivity contribution in [2.24, 2.45) is 10.7 Å². The van der Waals surface area contributed by atoms with E-state index in [0.29, 0.717) is 5.70 Å². The first-order valence-corrected chi connectivity index (χ1v) is 6.20. The van der Waals surface area contributed by atoms with Crippen LogP contribution in [0.2, 0.25) is 0 Å². The fourth-order valence-corrected chi connectivity index (χ4v) is 2.16. The van der Waals surface area contributed by atoms with Crippen LogP contribution in [-0.2, 0) is 0 Å². The molecule has 1 unspecified atom stereocenters. The number of fused-ring (bicyclic) bond motifs is 1. The van der Waals surface area contributed by atoms with E-state index in [9.17, 15) is 0 Å². The van der Waals surface area contributed by atoms with Crippen molar-refractivity contribution in [1.82, 2.24) is 0 Å². The molecule has 19 heavy (non-hydrogen) atoms. The molecule has 3 nitrogen and oxygen atoms in total. The maximum atomic E-state index is 6.04. The van der Waals surface area contributed by atoms with Crippen LogP contribution in [0, 0.1) is 0 Å². The minimum Gasteiger partial charge on any atom is -0.356 e. The molecular weight excluding hydrogens is 234 g/mol. The summed E-state index contributed by atoms with van der Waals surface area (Å²) in [6.07, 6.45) is -0.442. The van der Waals surface area contributed by atoms with Crippen molar-refractivity contribution in [2.45, 2.75) is 6.17 Å². The zero-order valence-electron chi connectivity index (χ0n) is 10.5. The summed E-state index contributed by atoms with van der Waals surface area (Å²) in [5, 5.41) is 3.24. The fraction of sp³-hybridized carbons (Fsp3) is 0.0625. The molecule has 1 aliphatic heterocycles. The molecule has 0 aliphatic carbocycles. The number of benzene rings is 2. The Kier molecular flexibility index (Phi) is 2.89. The van der Waals surface area contributed by atoms with Crippen molar-refractivity contribution in [3.8, 4) is 0 Å². The molecule has 3 heteroatoms. The number of hydrogen-bond acceptors (Lipinski definition) is 3. The van der Waals surface area contributed by atoms with Gasteiger partial charge in [-0.25, -0.2) is 0 Å². The largest absolute Gasteiger partial charge is 0.356 e. The zero-order valence-corrected chi connectivity index (χ0v) is 10.5. The second-order valence-corrected chi connectivity index (χ2v) is 4.48. The summed E-state index contributed by atoms with van der Waals surface area (Å²) in [6.45, 7) is 3.94. The molecule has 2 aromatic rings. The molecular formula is C16H15N3. The van der Waals surface area contributed by atoms with Gasteiger partial charge in [0.2, 0.25) is 0 Å². The molecule has 0 aromatic heterocycles. The van der Waals surface area contributed by atoms with E-state index in [0.717, 1.165) is 22.5 Å². The Hall–Kier alpha value is -2.39. The molecule has 0 amide bonds. The van der Waals surface area contributed by atoms with Crippen LogP contribution in [0.1, 0.15) is 11.1 Å². The summed E-state index contributed by atoms with van der Waals surface area (Å²) < 4.78 is 0. The molecule has 3 rings (SSSR count). The van der Waals surface area contributed by atoms with Gasteiger partial charge in [-0.2, -0.15) is 0 Å². The third-order valence-electron chi connectivity index (χ3n) is 3.15. The molecule has 0 fully saturated rings. The zero-order chi connectivity index (χ0) is 13.2. The van der Waals surface area contributed by atoms with Gasteiger partial charge in [0.1, 0.15) is 6.17 Å². The first-order valence-electron chi connectivity index (χ1n) is 6.20. The highest BCUT2D eigenvalue weighted by Gasteiger charge is 2.18. The lowest BCUT2D eigenvalue weighted by molar-refractivity contribution is 0.833. The van der Waals surface area contributed by atoms with Crippen molar-refractivity contribution in [2.75, 3.05) is 5.32 Å². The summed E-state index contributed by atoms with van der Waals surface area (Å²) in [5.74, 6) is 0. The molecule has 3 N–H and O–H groups in total. The predicted octanol–water partition coefficient (Wildman–Crippen LogP) is 2.75. The van der Waals surface area contributed by atoms with Crippen molar-refractivity contribution < 1.29 is 0 Å². The van der Waals surface area contributed by atoms with E-state index in [2.05, 4.69) is 16.9 Å². The van der Waals surface area contributed by atoms with Crippen molar-refractivity contribution in [3.05, 3.63) is 78.0 Å². The lowest BCUT2D eigenvalue weighted by atomic mass is 10.0. The highest BCUT2D eigenvalue weighted by Crippen LogP contribution is 2.25. The van der Waals surface area contributed by atoms with Gasteiger partial charge in [0.25, 0.3) is 0 Å². The third-order valence-corrected chi connectivity index (χ3v) is 3.15. The van der Waals surface area contributed by atoms with Gasteiger partial charge >= 0.3 is 0 Å². The number of para-hydroxylation sites is 1. The van der Waals surface area contributed by atoms with E-state index in [1.807, 2.05) is 54.6 Å². The van der Waals surface area contributed by atoms with Crippen LogP contribution in [-0.4, -0.2) is 11.9 Å². The van der Waals surface area contributed by atoms with Gasteiger partial charge in [-0.3, -0.25) is 4.99 Å². The minimum absolute atomic E-state index is 0.442. The highest BCUT2D eigenvalue weighted by molar-refractivity contribution is 6.16. The standard InChI is InChI=1S/C16H15N3/c1-11-16(17)19-15(12-7-3-2-4-8-12)13-9-5-6-10-14(13)18-11/h2-10,16,18H,1,17H2. The van der Waals surface area contributed by atoms with Gasteiger partial charge in [-0.1, -0.05) is 55.1 Å². The number of nitrogens with one attached hydrogen (secondary N) is 1. The summed E-state index contributed by atoms with van der Waals surface area (Å²) >= 11 is 0. The Bertz CT molecular complexity index is 644. The van der Waals surface area contributed by atoms with E-state index in [-0.39, 0.29) is 0 Å². The maximum Gasteiger partial charge on any atom is 0.138 e. The molecule has 0 bridgehead atoms. The van der Waals surface area contributed by atoms with Crippen LogP contribution in [0.4, 0.5) is 5.69 Å². The summed E-state index contributed by atoms with van der Waals surface area (Å²) in [5.41, 5.74) is 10.7. The number of nitrogens with zero attached hydrogens (tertiary/aromatic N) is 1. The minimum atomic E-state index is -0.442. The van der Waals surface area contributed by atoms with Gasteiger partial charge in [0.05, 0.1) is 5.71 Å². The number of nitrogens with two attached hydrogens (primary N) is 1. The highest BCUT2D eigenvalue weighted by atomic mass is 15.1. The number of benzodiazepines with no additional fused rings is 1. The first-order chi connectivity index (χ1) is 9.25. The van der Waals surface area contributed by atoms with Crippen molar-refractivity contribution in [3.63, 3.8) is 0 Å². The Balaban J connectivity index is 2.21. The van der Waals surface area contributed by atoms with Crippen LogP contribution in [0.15, 0.2) is 71.9 Å². The second kappa shape index (κ2) is 4.71. The van der Waals surface area contributed by atoms with Crippen molar-refractivity contribution in [1.29, 1.82) is 0 Å². The van der Waals surface area contributed by atoms with Gasteiger partial charge in [-0.15, -0.1) is 0 Å². The van der Waals surface area contributed by atoms with E-state index in [1.165, 1.54) is 0 Å². The lowest BCUT2D eigenvalue weighted by Crippen LogP contribution is -2.23. The third kappa shape index (κ3) is 2.16.